The number of carboxylic acid groups (broad SMARTS) is 1. The number of anilines is 1. The monoisotopic (exact) mass is 537 g/mol. The predicted molar refractivity (Wildman–Crippen MR) is 150 cm³/mol. The van der Waals surface area contributed by atoms with Crippen molar-refractivity contribution in [2.75, 3.05) is 44.8 Å². The lowest BCUT2D eigenvalue weighted by Crippen LogP contribution is -2.40. The van der Waals surface area contributed by atoms with Crippen LogP contribution in [0.1, 0.15) is 79.6 Å². The highest BCUT2D eigenvalue weighted by atomic mass is 16.6. The van der Waals surface area contributed by atoms with Crippen molar-refractivity contribution in [1.29, 1.82) is 0 Å². The third kappa shape index (κ3) is 6.98. The van der Waals surface area contributed by atoms with Crippen LogP contribution in [0.25, 0.3) is 0 Å². The second-order valence-corrected chi connectivity index (χ2v) is 11.8. The zero-order valence-corrected chi connectivity index (χ0v) is 23.6. The fourth-order valence-electron chi connectivity index (χ4n) is 5.87. The molecule has 0 amide bonds. The van der Waals surface area contributed by atoms with E-state index >= 15 is 0 Å². The molecule has 2 N–H and O–H groups in total. The van der Waals surface area contributed by atoms with Crippen LogP contribution in [-0.2, 0) is 31.8 Å². The van der Waals surface area contributed by atoms with Gasteiger partial charge in [-0.05, 0) is 82.1 Å². The number of aromatic nitrogens is 1. The SMILES string of the molecule is Cc1ccc(C2COC(C)(C)CO2)c(C(C(=O)O)N2CC[C@@H](OCCCCc3ccc4c(n3)NCCC4)C2)c1. The van der Waals surface area contributed by atoms with Gasteiger partial charge >= 0.3 is 5.97 Å². The average Bonchev–Trinajstić information content (AvgIpc) is 3.37. The highest BCUT2D eigenvalue weighted by Gasteiger charge is 2.38. The maximum absolute atomic E-state index is 12.6. The number of hydrogen-bond donors (Lipinski definition) is 2. The molecule has 0 aliphatic carbocycles. The number of pyridine rings is 1. The first kappa shape index (κ1) is 28.0. The van der Waals surface area contributed by atoms with Crippen LogP contribution in [0.15, 0.2) is 30.3 Å². The van der Waals surface area contributed by atoms with E-state index in [1.807, 2.05) is 43.9 Å². The molecule has 212 valence electrons. The Labute approximate surface area is 232 Å². The van der Waals surface area contributed by atoms with E-state index in [1.165, 1.54) is 12.0 Å². The Bertz CT molecular complexity index is 1140. The van der Waals surface area contributed by atoms with Gasteiger partial charge in [0, 0.05) is 31.9 Å². The van der Waals surface area contributed by atoms with Gasteiger partial charge in [-0.3, -0.25) is 9.69 Å². The van der Waals surface area contributed by atoms with Crippen molar-refractivity contribution in [3.05, 3.63) is 58.3 Å². The van der Waals surface area contributed by atoms with Crippen LogP contribution in [0.5, 0.6) is 0 Å². The molecule has 5 rings (SSSR count). The lowest BCUT2D eigenvalue weighted by molar-refractivity contribution is -0.177. The van der Waals surface area contributed by atoms with Crippen LogP contribution in [0.3, 0.4) is 0 Å². The molecule has 0 radical (unpaired) electrons. The molecule has 0 spiro atoms. The lowest BCUT2D eigenvalue weighted by atomic mass is 9.93. The minimum absolute atomic E-state index is 0.0428. The molecule has 1 aromatic carbocycles. The maximum Gasteiger partial charge on any atom is 0.325 e. The number of carboxylic acids is 1. The van der Waals surface area contributed by atoms with Gasteiger partial charge in [0.25, 0.3) is 0 Å². The Kier molecular flexibility index (Phi) is 8.86. The van der Waals surface area contributed by atoms with Crippen molar-refractivity contribution < 1.29 is 24.1 Å². The minimum Gasteiger partial charge on any atom is -0.480 e. The summed E-state index contributed by atoms with van der Waals surface area (Å²) in [6.07, 6.45) is 5.81. The highest BCUT2D eigenvalue weighted by Crippen LogP contribution is 2.36. The maximum atomic E-state index is 12.6. The van der Waals surface area contributed by atoms with Crippen molar-refractivity contribution in [3.63, 3.8) is 0 Å². The van der Waals surface area contributed by atoms with E-state index < -0.39 is 12.0 Å². The quantitative estimate of drug-likeness (QED) is 0.416. The van der Waals surface area contributed by atoms with Crippen molar-refractivity contribution in [1.82, 2.24) is 9.88 Å². The Morgan fingerprint density at radius 3 is 2.95 bits per heavy atom. The van der Waals surface area contributed by atoms with E-state index in [0.29, 0.717) is 32.9 Å². The van der Waals surface area contributed by atoms with E-state index in [-0.39, 0.29) is 17.8 Å². The zero-order valence-electron chi connectivity index (χ0n) is 23.6. The number of nitrogens with zero attached hydrogens (tertiary/aromatic N) is 2. The predicted octanol–water partition coefficient (Wildman–Crippen LogP) is 4.85. The molecule has 0 bridgehead atoms. The zero-order chi connectivity index (χ0) is 27.4. The molecule has 3 aliphatic rings. The molecule has 8 nitrogen and oxygen atoms in total. The molecule has 0 saturated carbocycles. The number of unbranched alkanes of at least 4 members (excludes halogenated alkanes) is 1. The minimum atomic E-state index is -0.841. The molecular weight excluding hydrogens is 494 g/mol. The van der Waals surface area contributed by atoms with Crippen LogP contribution < -0.4 is 5.32 Å². The van der Waals surface area contributed by atoms with Gasteiger partial charge in [0.2, 0.25) is 0 Å². The van der Waals surface area contributed by atoms with Crippen molar-refractivity contribution in [2.45, 2.75) is 83.1 Å². The fraction of sp³-hybridized carbons (Fsp3) is 0.613. The second-order valence-electron chi connectivity index (χ2n) is 11.8. The Morgan fingerprint density at radius 2 is 2.15 bits per heavy atom. The van der Waals surface area contributed by atoms with Gasteiger partial charge in [-0.25, -0.2) is 4.98 Å². The van der Waals surface area contributed by atoms with Crippen LogP contribution in [-0.4, -0.2) is 72.1 Å². The first-order valence-electron chi connectivity index (χ1n) is 14.5. The smallest absolute Gasteiger partial charge is 0.325 e. The number of nitrogens with one attached hydrogen (secondary N) is 1. The lowest BCUT2D eigenvalue weighted by Gasteiger charge is -2.37. The number of fused-ring (bicyclic) bond motifs is 1. The van der Waals surface area contributed by atoms with Gasteiger partial charge in [0.1, 0.15) is 18.0 Å². The topological polar surface area (TPSA) is 93.2 Å². The number of hydrogen-bond acceptors (Lipinski definition) is 7. The second kappa shape index (κ2) is 12.3. The van der Waals surface area contributed by atoms with E-state index in [9.17, 15) is 9.90 Å². The molecule has 1 aromatic heterocycles. The molecule has 3 atom stereocenters. The molecule has 4 heterocycles. The summed E-state index contributed by atoms with van der Waals surface area (Å²) < 4.78 is 18.4. The number of benzene rings is 1. The van der Waals surface area contributed by atoms with Crippen molar-refractivity contribution >= 4 is 11.8 Å². The molecular formula is C31H43N3O5. The number of aryl methyl sites for hydroxylation is 3. The summed E-state index contributed by atoms with van der Waals surface area (Å²) in [5.74, 6) is 0.212. The number of likely N-dealkylation sites (tertiary alicyclic amines) is 1. The first-order chi connectivity index (χ1) is 18.8. The van der Waals surface area contributed by atoms with E-state index in [0.717, 1.165) is 66.9 Å². The van der Waals surface area contributed by atoms with E-state index in [2.05, 4.69) is 17.4 Å². The first-order valence-corrected chi connectivity index (χ1v) is 14.5. The summed E-state index contributed by atoms with van der Waals surface area (Å²) in [5, 5.41) is 13.7. The van der Waals surface area contributed by atoms with Crippen LogP contribution in [0.4, 0.5) is 5.82 Å². The van der Waals surface area contributed by atoms with Crippen molar-refractivity contribution in [2.24, 2.45) is 0 Å². The summed E-state index contributed by atoms with van der Waals surface area (Å²) in [4.78, 5) is 19.4. The molecule has 2 fully saturated rings. The largest absolute Gasteiger partial charge is 0.480 e. The van der Waals surface area contributed by atoms with E-state index in [1.54, 1.807) is 0 Å². The van der Waals surface area contributed by atoms with Gasteiger partial charge in [-0.2, -0.15) is 0 Å². The summed E-state index contributed by atoms with van der Waals surface area (Å²) in [6.45, 7) is 9.88. The molecule has 2 saturated heterocycles. The van der Waals surface area contributed by atoms with Crippen molar-refractivity contribution in [3.8, 4) is 0 Å². The molecule has 39 heavy (non-hydrogen) atoms. The Balaban J connectivity index is 1.14. The molecule has 8 heteroatoms. The van der Waals surface area contributed by atoms with Gasteiger partial charge in [-0.1, -0.05) is 29.8 Å². The van der Waals surface area contributed by atoms with E-state index in [4.69, 9.17) is 19.2 Å². The molecule has 2 aromatic rings. The normalized spacial score (nSPS) is 23.7. The Hall–Kier alpha value is -2.52. The molecule has 2 unspecified atom stereocenters. The molecule has 3 aliphatic heterocycles. The number of carbonyl (C=O) groups is 1. The summed E-state index contributed by atoms with van der Waals surface area (Å²) >= 11 is 0. The van der Waals surface area contributed by atoms with Crippen LogP contribution in [0.2, 0.25) is 0 Å². The average molecular weight is 538 g/mol. The van der Waals surface area contributed by atoms with Gasteiger partial charge < -0.3 is 24.6 Å². The van der Waals surface area contributed by atoms with Crippen LogP contribution in [0, 0.1) is 6.92 Å². The number of ether oxygens (including phenoxy) is 3. The summed E-state index contributed by atoms with van der Waals surface area (Å²) in [6, 6.07) is 9.64. The van der Waals surface area contributed by atoms with Gasteiger partial charge in [-0.15, -0.1) is 0 Å². The van der Waals surface area contributed by atoms with Gasteiger partial charge in [0.05, 0.1) is 24.9 Å². The van der Waals surface area contributed by atoms with Gasteiger partial charge in [0.15, 0.2) is 0 Å². The standard InChI is InChI=1S/C31H43N3O5/c1-21-9-12-25(27-19-39-31(2,3)20-38-27)26(17-21)28(30(35)36)34-15-13-24(18-34)37-16-5-4-8-23-11-10-22-7-6-14-32-29(22)33-23/h9-12,17,24,27-28H,4-8,13-16,18-20H2,1-3H3,(H,32,33)(H,35,36)/t24-,27?,28?/m1/s1. The number of aliphatic carboxylic acids is 1. The number of rotatable bonds is 10. The summed E-state index contributed by atoms with van der Waals surface area (Å²) in [5.41, 5.74) is 4.85. The fourth-order valence-corrected chi connectivity index (χ4v) is 5.87. The third-order valence-electron chi connectivity index (χ3n) is 8.05. The van der Waals surface area contributed by atoms with Crippen LogP contribution >= 0.6 is 0 Å². The third-order valence-corrected chi connectivity index (χ3v) is 8.05. The highest BCUT2D eigenvalue weighted by molar-refractivity contribution is 5.76. The Morgan fingerprint density at radius 1 is 1.28 bits per heavy atom. The summed E-state index contributed by atoms with van der Waals surface area (Å²) in [7, 11) is 0.